The van der Waals surface area contributed by atoms with E-state index in [-0.39, 0.29) is 17.4 Å². The number of rotatable bonds is 4. The molecule has 2 rings (SSSR count). The molecule has 0 unspecified atom stereocenters. The molecular weight excluding hydrogens is 293 g/mol. The average molecular weight is 308 g/mol. The fourth-order valence-corrected chi connectivity index (χ4v) is 1.91. The summed E-state index contributed by atoms with van der Waals surface area (Å²) in [4.78, 5) is 12.0. The quantitative estimate of drug-likeness (QED) is 0.620. The fraction of sp³-hybridized carbons (Fsp3) is 0.250. The third kappa shape index (κ3) is 3.63. The molecule has 116 valence electrons. The Labute approximate surface area is 126 Å². The summed E-state index contributed by atoms with van der Waals surface area (Å²) in [6.07, 6.45) is 0.839. The van der Waals surface area contributed by atoms with Crippen LogP contribution in [-0.4, -0.2) is 15.6 Å². The summed E-state index contributed by atoms with van der Waals surface area (Å²) in [7, 11) is 0. The number of benzene rings is 1. The van der Waals surface area contributed by atoms with E-state index in [4.69, 9.17) is 0 Å². The van der Waals surface area contributed by atoms with Crippen LogP contribution in [0.25, 0.3) is 6.08 Å². The average Bonchev–Trinajstić information content (AvgIpc) is 2.94. The molecule has 0 aliphatic rings. The maximum atomic E-state index is 12.9. The lowest BCUT2D eigenvalue weighted by molar-refractivity contribution is -0.137. The van der Waals surface area contributed by atoms with Gasteiger partial charge in [-0.2, -0.15) is 18.3 Å². The van der Waals surface area contributed by atoms with Gasteiger partial charge in [0.15, 0.2) is 5.78 Å². The van der Waals surface area contributed by atoms with Gasteiger partial charge in [-0.25, -0.2) is 0 Å². The van der Waals surface area contributed by atoms with Gasteiger partial charge in [0.2, 0.25) is 0 Å². The Morgan fingerprint density at radius 2 is 1.95 bits per heavy atom. The van der Waals surface area contributed by atoms with Crippen LogP contribution in [-0.2, 0) is 6.18 Å². The van der Waals surface area contributed by atoms with E-state index in [2.05, 4.69) is 5.10 Å². The Balaban J connectivity index is 2.23. The standard InChI is InChI=1S/C16H15F3N2O/c1-11(2)21-10-13(9-20-21)15(22)8-7-12-5-3-4-6-14(12)16(17,18)19/h3-11H,1-2H3/b8-7+. The van der Waals surface area contributed by atoms with Crippen molar-refractivity contribution in [1.82, 2.24) is 9.78 Å². The van der Waals surface area contributed by atoms with Crippen molar-refractivity contribution in [3.63, 3.8) is 0 Å². The molecule has 6 heteroatoms. The number of hydrogen-bond donors (Lipinski definition) is 0. The molecule has 0 radical (unpaired) electrons. The molecule has 0 amide bonds. The minimum absolute atomic E-state index is 0.0420. The lowest BCUT2D eigenvalue weighted by atomic mass is 10.1. The molecule has 2 aromatic rings. The number of aromatic nitrogens is 2. The minimum atomic E-state index is -4.45. The summed E-state index contributed by atoms with van der Waals surface area (Å²) in [6, 6.07) is 5.23. The second-order valence-corrected chi connectivity index (χ2v) is 5.09. The van der Waals surface area contributed by atoms with Gasteiger partial charge in [0.25, 0.3) is 0 Å². The zero-order chi connectivity index (χ0) is 16.3. The summed E-state index contributed by atoms with van der Waals surface area (Å²) in [5, 5.41) is 4.03. The Hall–Kier alpha value is -2.37. The molecule has 0 N–H and O–H groups in total. The lowest BCUT2D eigenvalue weighted by Crippen LogP contribution is -2.07. The van der Waals surface area contributed by atoms with E-state index in [1.807, 2.05) is 13.8 Å². The summed E-state index contributed by atoms with van der Waals surface area (Å²) in [5.41, 5.74) is -0.467. The van der Waals surface area contributed by atoms with Gasteiger partial charge in [0, 0.05) is 12.2 Å². The Morgan fingerprint density at radius 3 is 2.55 bits per heavy atom. The molecule has 1 aromatic carbocycles. The van der Waals surface area contributed by atoms with Gasteiger partial charge in [-0.3, -0.25) is 9.48 Å². The number of allylic oxidation sites excluding steroid dienone is 1. The number of hydrogen-bond acceptors (Lipinski definition) is 2. The summed E-state index contributed by atoms with van der Waals surface area (Å²) >= 11 is 0. The third-order valence-corrected chi connectivity index (χ3v) is 3.10. The molecule has 0 spiro atoms. The molecule has 0 aliphatic carbocycles. The lowest BCUT2D eigenvalue weighted by Gasteiger charge is -2.09. The van der Waals surface area contributed by atoms with Crippen LogP contribution < -0.4 is 0 Å². The Morgan fingerprint density at radius 1 is 1.27 bits per heavy atom. The number of halogens is 3. The molecule has 1 heterocycles. The third-order valence-electron chi connectivity index (χ3n) is 3.10. The van der Waals surface area contributed by atoms with Crippen LogP contribution in [0.3, 0.4) is 0 Å². The zero-order valence-corrected chi connectivity index (χ0v) is 12.1. The predicted molar refractivity (Wildman–Crippen MR) is 77.4 cm³/mol. The zero-order valence-electron chi connectivity index (χ0n) is 12.1. The molecule has 3 nitrogen and oxygen atoms in total. The highest BCUT2D eigenvalue weighted by Gasteiger charge is 2.32. The van der Waals surface area contributed by atoms with Gasteiger partial charge in [0.1, 0.15) is 0 Å². The van der Waals surface area contributed by atoms with Crippen molar-refractivity contribution in [3.8, 4) is 0 Å². The van der Waals surface area contributed by atoms with E-state index in [0.717, 1.165) is 12.1 Å². The van der Waals surface area contributed by atoms with Gasteiger partial charge >= 0.3 is 6.18 Å². The van der Waals surface area contributed by atoms with Crippen LogP contribution in [0.5, 0.6) is 0 Å². The van der Waals surface area contributed by atoms with E-state index in [1.54, 1.807) is 10.9 Å². The molecule has 1 aromatic heterocycles. The number of alkyl halides is 3. The molecule has 0 saturated carbocycles. The second kappa shape index (κ2) is 6.17. The van der Waals surface area contributed by atoms with Crippen LogP contribution in [0.2, 0.25) is 0 Å². The molecule has 22 heavy (non-hydrogen) atoms. The topological polar surface area (TPSA) is 34.9 Å². The largest absolute Gasteiger partial charge is 0.416 e. The summed E-state index contributed by atoms with van der Waals surface area (Å²) in [6.45, 7) is 3.83. The number of ketones is 1. The Kier molecular flexibility index (Phi) is 4.49. The van der Waals surface area contributed by atoms with E-state index in [0.29, 0.717) is 5.56 Å². The molecule has 0 fully saturated rings. The van der Waals surface area contributed by atoms with Crippen LogP contribution in [0.15, 0.2) is 42.7 Å². The normalized spacial score (nSPS) is 12.3. The van der Waals surface area contributed by atoms with Gasteiger partial charge < -0.3 is 0 Å². The van der Waals surface area contributed by atoms with Crippen molar-refractivity contribution >= 4 is 11.9 Å². The smallest absolute Gasteiger partial charge is 0.289 e. The molecular formula is C16H15F3N2O. The van der Waals surface area contributed by atoms with Crippen molar-refractivity contribution in [2.75, 3.05) is 0 Å². The van der Waals surface area contributed by atoms with E-state index in [1.165, 1.54) is 30.5 Å². The summed E-state index contributed by atoms with van der Waals surface area (Å²) in [5.74, 6) is -0.385. The first-order valence-electron chi connectivity index (χ1n) is 6.72. The van der Waals surface area contributed by atoms with E-state index in [9.17, 15) is 18.0 Å². The molecule has 0 bridgehead atoms. The second-order valence-electron chi connectivity index (χ2n) is 5.09. The van der Waals surface area contributed by atoms with Gasteiger partial charge in [-0.1, -0.05) is 24.3 Å². The van der Waals surface area contributed by atoms with Crippen molar-refractivity contribution in [2.45, 2.75) is 26.1 Å². The molecule has 0 aliphatic heterocycles. The molecule has 0 saturated heterocycles. The first-order valence-corrected chi connectivity index (χ1v) is 6.72. The first-order chi connectivity index (χ1) is 10.3. The number of carbonyl (C=O) groups is 1. The van der Waals surface area contributed by atoms with Gasteiger partial charge in [-0.05, 0) is 31.6 Å². The SMILES string of the molecule is CC(C)n1cc(C(=O)/C=C/c2ccccc2C(F)(F)F)cn1. The fourth-order valence-electron chi connectivity index (χ4n) is 1.91. The maximum absolute atomic E-state index is 12.9. The Bertz CT molecular complexity index is 699. The summed E-state index contributed by atoms with van der Waals surface area (Å²) < 4.78 is 40.2. The van der Waals surface area contributed by atoms with Crippen molar-refractivity contribution in [1.29, 1.82) is 0 Å². The van der Waals surface area contributed by atoms with Crippen molar-refractivity contribution in [3.05, 3.63) is 59.4 Å². The van der Waals surface area contributed by atoms with Gasteiger partial charge in [-0.15, -0.1) is 0 Å². The minimum Gasteiger partial charge on any atom is -0.289 e. The van der Waals surface area contributed by atoms with E-state index >= 15 is 0 Å². The highest BCUT2D eigenvalue weighted by Crippen LogP contribution is 2.32. The highest BCUT2D eigenvalue weighted by molar-refractivity contribution is 6.06. The van der Waals surface area contributed by atoms with E-state index < -0.39 is 11.7 Å². The predicted octanol–water partition coefficient (Wildman–Crippen LogP) is 4.38. The van der Waals surface area contributed by atoms with Crippen LogP contribution >= 0.6 is 0 Å². The molecule has 0 atom stereocenters. The maximum Gasteiger partial charge on any atom is 0.416 e. The first kappa shape index (κ1) is 16.0. The van der Waals surface area contributed by atoms with Crippen molar-refractivity contribution < 1.29 is 18.0 Å². The monoisotopic (exact) mass is 308 g/mol. The van der Waals surface area contributed by atoms with Gasteiger partial charge in [0.05, 0.1) is 17.3 Å². The number of nitrogens with zero attached hydrogens (tertiary/aromatic N) is 2. The number of carbonyl (C=O) groups excluding carboxylic acids is 1. The van der Waals surface area contributed by atoms with Crippen molar-refractivity contribution in [2.24, 2.45) is 0 Å². The van der Waals surface area contributed by atoms with Crippen LogP contribution in [0, 0.1) is 0 Å². The highest BCUT2D eigenvalue weighted by atomic mass is 19.4. The van der Waals surface area contributed by atoms with Crippen LogP contribution in [0.1, 0.15) is 41.4 Å². The van der Waals surface area contributed by atoms with Crippen LogP contribution in [0.4, 0.5) is 13.2 Å².